The molecular weight excluding hydrogens is 190 g/mol. The van der Waals surface area contributed by atoms with Crippen molar-refractivity contribution in [3.8, 4) is 0 Å². The summed E-state index contributed by atoms with van der Waals surface area (Å²) in [5.74, 6) is 0.401. The first kappa shape index (κ1) is 10.9. The predicted molar refractivity (Wildman–Crippen MR) is 51.0 cm³/mol. The fourth-order valence-electron chi connectivity index (χ4n) is 1.63. The van der Waals surface area contributed by atoms with Crippen molar-refractivity contribution < 1.29 is 8.42 Å². The minimum absolute atomic E-state index is 0.297. The van der Waals surface area contributed by atoms with Gasteiger partial charge in [-0.3, -0.25) is 0 Å². The lowest BCUT2D eigenvalue weighted by Gasteiger charge is -2.25. The van der Waals surface area contributed by atoms with Crippen LogP contribution in [-0.2, 0) is 10.2 Å². The van der Waals surface area contributed by atoms with Crippen LogP contribution >= 0.6 is 0 Å². The third-order valence-corrected chi connectivity index (χ3v) is 3.03. The molecule has 0 saturated heterocycles. The quantitative estimate of drug-likeness (QED) is 0.570. The lowest BCUT2D eigenvalue weighted by atomic mass is 9.87. The zero-order chi connectivity index (χ0) is 9.90. The van der Waals surface area contributed by atoms with Crippen molar-refractivity contribution >= 4 is 10.2 Å². The van der Waals surface area contributed by atoms with Crippen LogP contribution in [0, 0.1) is 5.92 Å². The number of rotatable bonds is 3. The van der Waals surface area contributed by atoms with Gasteiger partial charge in [0.05, 0.1) is 0 Å². The Morgan fingerprint density at radius 2 is 1.77 bits per heavy atom. The van der Waals surface area contributed by atoms with Crippen molar-refractivity contribution in [2.75, 3.05) is 6.54 Å². The van der Waals surface area contributed by atoms with Gasteiger partial charge in [-0.2, -0.15) is 8.42 Å². The van der Waals surface area contributed by atoms with Crippen LogP contribution < -0.4 is 15.6 Å². The van der Waals surface area contributed by atoms with Crippen molar-refractivity contribution in [1.82, 2.24) is 4.72 Å². The van der Waals surface area contributed by atoms with E-state index in [4.69, 9.17) is 10.9 Å². The maximum Gasteiger partial charge on any atom is 0.274 e. The molecule has 1 aliphatic rings. The van der Waals surface area contributed by atoms with Crippen molar-refractivity contribution in [3.05, 3.63) is 0 Å². The van der Waals surface area contributed by atoms with E-state index in [0.717, 1.165) is 25.7 Å². The summed E-state index contributed by atoms with van der Waals surface area (Å²) in [6.07, 6.45) is 3.95. The SMILES string of the molecule is NC1CCC(CNS(N)(=O)=O)CC1. The highest BCUT2D eigenvalue weighted by atomic mass is 32.2. The zero-order valence-electron chi connectivity index (χ0n) is 7.57. The lowest BCUT2D eigenvalue weighted by Crippen LogP contribution is -2.37. The van der Waals surface area contributed by atoms with E-state index >= 15 is 0 Å². The van der Waals surface area contributed by atoms with Crippen molar-refractivity contribution in [2.24, 2.45) is 16.8 Å². The van der Waals surface area contributed by atoms with Crippen LogP contribution in [0.5, 0.6) is 0 Å². The van der Waals surface area contributed by atoms with Gasteiger partial charge in [0.25, 0.3) is 10.2 Å². The molecule has 5 N–H and O–H groups in total. The smallest absolute Gasteiger partial charge is 0.274 e. The van der Waals surface area contributed by atoms with E-state index in [-0.39, 0.29) is 0 Å². The van der Waals surface area contributed by atoms with Gasteiger partial charge in [0.2, 0.25) is 0 Å². The maximum atomic E-state index is 10.6. The summed E-state index contributed by atoms with van der Waals surface area (Å²) in [6, 6.07) is 0.297. The Balaban J connectivity index is 2.24. The third kappa shape index (κ3) is 4.56. The molecule has 78 valence electrons. The van der Waals surface area contributed by atoms with Crippen LogP contribution in [-0.4, -0.2) is 21.0 Å². The highest BCUT2D eigenvalue weighted by Gasteiger charge is 2.19. The summed E-state index contributed by atoms with van der Waals surface area (Å²) in [7, 11) is -3.52. The normalized spacial score (nSPS) is 30.3. The van der Waals surface area contributed by atoms with E-state index in [9.17, 15) is 8.42 Å². The first-order chi connectivity index (χ1) is 5.97. The molecule has 0 bridgehead atoms. The second kappa shape index (κ2) is 4.36. The van der Waals surface area contributed by atoms with Crippen LogP contribution in [0.25, 0.3) is 0 Å². The Kier molecular flexibility index (Phi) is 3.66. The molecule has 6 heteroatoms. The van der Waals surface area contributed by atoms with Gasteiger partial charge >= 0.3 is 0 Å². The van der Waals surface area contributed by atoms with E-state index in [1.54, 1.807) is 0 Å². The van der Waals surface area contributed by atoms with Crippen LogP contribution in [0.2, 0.25) is 0 Å². The van der Waals surface area contributed by atoms with Gasteiger partial charge in [0, 0.05) is 12.6 Å². The number of hydrogen-bond acceptors (Lipinski definition) is 3. The Morgan fingerprint density at radius 3 is 2.23 bits per heavy atom. The maximum absolute atomic E-state index is 10.6. The van der Waals surface area contributed by atoms with E-state index in [1.165, 1.54) is 0 Å². The molecule has 0 atom stereocenters. The van der Waals surface area contributed by atoms with Gasteiger partial charge in [-0.25, -0.2) is 9.86 Å². The van der Waals surface area contributed by atoms with Gasteiger partial charge in [-0.15, -0.1) is 0 Å². The molecule has 1 fully saturated rings. The molecule has 1 rings (SSSR count). The van der Waals surface area contributed by atoms with E-state index in [1.807, 2.05) is 0 Å². The Hall–Kier alpha value is -0.170. The number of nitrogens with two attached hydrogens (primary N) is 2. The molecule has 0 aromatic carbocycles. The fourth-order valence-corrected chi connectivity index (χ4v) is 2.09. The lowest BCUT2D eigenvalue weighted by molar-refractivity contribution is 0.326. The molecule has 0 unspecified atom stereocenters. The van der Waals surface area contributed by atoms with Gasteiger partial charge in [0.15, 0.2) is 0 Å². The summed E-state index contributed by atoms with van der Waals surface area (Å²) in [5, 5.41) is 4.82. The van der Waals surface area contributed by atoms with Crippen molar-refractivity contribution in [3.63, 3.8) is 0 Å². The van der Waals surface area contributed by atoms with Gasteiger partial charge < -0.3 is 5.73 Å². The molecule has 0 radical (unpaired) electrons. The predicted octanol–water partition coefficient (Wildman–Crippen LogP) is -0.703. The van der Waals surface area contributed by atoms with Gasteiger partial charge in [-0.1, -0.05) is 0 Å². The molecule has 0 aromatic rings. The first-order valence-corrected chi connectivity index (χ1v) is 6.05. The summed E-state index contributed by atoms with van der Waals surface area (Å²) in [5.41, 5.74) is 5.72. The minimum Gasteiger partial charge on any atom is -0.328 e. The molecule has 13 heavy (non-hydrogen) atoms. The minimum atomic E-state index is -3.52. The van der Waals surface area contributed by atoms with E-state index in [0.29, 0.717) is 18.5 Å². The molecule has 0 aliphatic heterocycles. The number of hydrogen-bond donors (Lipinski definition) is 3. The van der Waals surface area contributed by atoms with Crippen LogP contribution in [0.4, 0.5) is 0 Å². The molecule has 0 spiro atoms. The largest absolute Gasteiger partial charge is 0.328 e. The molecule has 0 amide bonds. The second-order valence-corrected chi connectivity index (χ2v) is 5.05. The molecular formula is C7H17N3O2S. The summed E-state index contributed by atoms with van der Waals surface area (Å²) in [6.45, 7) is 0.450. The van der Waals surface area contributed by atoms with Crippen molar-refractivity contribution in [2.45, 2.75) is 31.7 Å². The standard InChI is InChI=1S/C7H17N3O2S/c8-7-3-1-6(2-4-7)5-10-13(9,11)12/h6-7,10H,1-5,8H2,(H2,9,11,12). The summed E-state index contributed by atoms with van der Waals surface area (Å²) in [4.78, 5) is 0. The van der Waals surface area contributed by atoms with E-state index < -0.39 is 10.2 Å². The average molecular weight is 207 g/mol. The van der Waals surface area contributed by atoms with Gasteiger partial charge in [-0.05, 0) is 31.6 Å². The van der Waals surface area contributed by atoms with Crippen LogP contribution in [0.15, 0.2) is 0 Å². The average Bonchev–Trinajstić information content (AvgIpc) is 2.02. The highest BCUT2D eigenvalue weighted by Crippen LogP contribution is 2.22. The Labute approximate surface area is 79.0 Å². The monoisotopic (exact) mass is 207 g/mol. The third-order valence-electron chi connectivity index (χ3n) is 2.46. The van der Waals surface area contributed by atoms with E-state index in [2.05, 4.69) is 4.72 Å². The van der Waals surface area contributed by atoms with Crippen LogP contribution in [0.1, 0.15) is 25.7 Å². The summed E-state index contributed by atoms with van der Waals surface area (Å²) < 4.78 is 23.5. The topological polar surface area (TPSA) is 98.2 Å². The number of nitrogens with one attached hydrogen (secondary N) is 1. The summed E-state index contributed by atoms with van der Waals surface area (Å²) >= 11 is 0. The Morgan fingerprint density at radius 1 is 1.23 bits per heavy atom. The first-order valence-electron chi connectivity index (χ1n) is 4.50. The highest BCUT2D eigenvalue weighted by molar-refractivity contribution is 7.87. The molecule has 0 heterocycles. The molecule has 1 aliphatic carbocycles. The van der Waals surface area contributed by atoms with Crippen LogP contribution in [0.3, 0.4) is 0 Å². The molecule has 1 saturated carbocycles. The fraction of sp³-hybridized carbons (Fsp3) is 1.00. The molecule has 5 nitrogen and oxygen atoms in total. The molecule has 0 aromatic heterocycles. The second-order valence-electron chi connectivity index (χ2n) is 3.67. The zero-order valence-corrected chi connectivity index (χ0v) is 8.39. The van der Waals surface area contributed by atoms with Crippen molar-refractivity contribution in [1.29, 1.82) is 0 Å². The van der Waals surface area contributed by atoms with Gasteiger partial charge in [0.1, 0.15) is 0 Å². The Bertz CT molecular complexity index is 244.